The van der Waals surface area contributed by atoms with Crippen LogP contribution in [0.2, 0.25) is 0 Å². The highest BCUT2D eigenvalue weighted by Crippen LogP contribution is 1.97. The smallest absolute Gasteiger partial charge is 0.0163 e. The van der Waals surface area contributed by atoms with Gasteiger partial charge in [0, 0.05) is 13.1 Å². The van der Waals surface area contributed by atoms with Gasteiger partial charge < -0.3 is 0 Å². The van der Waals surface area contributed by atoms with Crippen LogP contribution in [0.15, 0.2) is 12.2 Å². The van der Waals surface area contributed by atoms with Crippen LogP contribution in [0.4, 0.5) is 0 Å². The van der Waals surface area contributed by atoms with Crippen LogP contribution < -0.4 is 0 Å². The summed E-state index contributed by atoms with van der Waals surface area (Å²) in [4.78, 5) is 5.08. The summed E-state index contributed by atoms with van der Waals surface area (Å²) < 4.78 is 0. The van der Waals surface area contributed by atoms with Gasteiger partial charge in [-0.3, -0.25) is 9.80 Å². The van der Waals surface area contributed by atoms with Crippen molar-refractivity contribution in [1.82, 2.24) is 9.80 Å². The zero-order chi connectivity index (χ0) is 13.6. The second kappa shape index (κ2) is 13.1. The molecule has 0 heterocycles. The van der Waals surface area contributed by atoms with Gasteiger partial charge in [-0.1, -0.05) is 39.8 Å². The van der Waals surface area contributed by atoms with Crippen LogP contribution in [0.25, 0.3) is 0 Å². The fourth-order valence-electron chi connectivity index (χ4n) is 2.30. The molecular formula is C16H34N2. The third kappa shape index (κ3) is 9.67. The van der Waals surface area contributed by atoms with Gasteiger partial charge in [-0.2, -0.15) is 0 Å². The molecule has 0 aliphatic rings. The first kappa shape index (κ1) is 17.7. The summed E-state index contributed by atoms with van der Waals surface area (Å²) in [6.45, 7) is 16.2. The fraction of sp³-hybridized carbons (Fsp3) is 0.875. The summed E-state index contributed by atoms with van der Waals surface area (Å²) in [5.74, 6) is 0. The average Bonchev–Trinajstić information content (AvgIpc) is 2.35. The lowest BCUT2D eigenvalue weighted by Crippen LogP contribution is -2.27. The summed E-state index contributed by atoms with van der Waals surface area (Å²) in [6.07, 6.45) is 9.72. The third-order valence-corrected chi connectivity index (χ3v) is 3.05. The van der Waals surface area contributed by atoms with E-state index in [4.69, 9.17) is 0 Å². The van der Waals surface area contributed by atoms with Crippen LogP contribution in [0, 0.1) is 0 Å². The monoisotopic (exact) mass is 254 g/mol. The van der Waals surface area contributed by atoms with Crippen molar-refractivity contribution in [3.63, 3.8) is 0 Å². The average molecular weight is 254 g/mol. The molecule has 0 spiro atoms. The molecule has 0 saturated heterocycles. The second-order valence-electron chi connectivity index (χ2n) is 5.07. The van der Waals surface area contributed by atoms with Gasteiger partial charge in [0.15, 0.2) is 0 Å². The lowest BCUT2D eigenvalue weighted by Gasteiger charge is -2.20. The van der Waals surface area contributed by atoms with Crippen molar-refractivity contribution in [2.24, 2.45) is 0 Å². The van der Waals surface area contributed by atoms with Gasteiger partial charge in [-0.25, -0.2) is 0 Å². The molecule has 0 atom stereocenters. The summed E-state index contributed by atoms with van der Waals surface area (Å²) >= 11 is 0. The number of hydrogen-bond acceptors (Lipinski definition) is 2. The second-order valence-corrected chi connectivity index (χ2v) is 5.07. The van der Waals surface area contributed by atoms with Gasteiger partial charge in [0.25, 0.3) is 0 Å². The van der Waals surface area contributed by atoms with Gasteiger partial charge >= 0.3 is 0 Å². The first-order chi connectivity index (χ1) is 8.78. The van der Waals surface area contributed by atoms with Crippen LogP contribution in [0.1, 0.15) is 53.4 Å². The molecule has 0 aliphatic carbocycles. The molecule has 0 rings (SSSR count). The van der Waals surface area contributed by atoms with Crippen LogP contribution in [-0.4, -0.2) is 49.1 Å². The first-order valence-electron chi connectivity index (χ1n) is 7.88. The highest BCUT2D eigenvalue weighted by atomic mass is 15.1. The fourth-order valence-corrected chi connectivity index (χ4v) is 2.30. The largest absolute Gasteiger partial charge is 0.300 e. The van der Waals surface area contributed by atoms with Crippen LogP contribution in [0.5, 0.6) is 0 Å². The van der Waals surface area contributed by atoms with E-state index in [2.05, 4.69) is 49.6 Å². The van der Waals surface area contributed by atoms with E-state index >= 15 is 0 Å². The minimum absolute atomic E-state index is 1.12. The lowest BCUT2D eigenvalue weighted by molar-refractivity contribution is 0.296. The molecule has 0 radical (unpaired) electrons. The summed E-state index contributed by atoms with van der Waals surface area (Å²) in [7, 11) is 0. The normalized spacial score (nSPS) is 12.1. The molecule has 18 heavy (non-hydrogen) atoms. The van der Waals surface area contributed by atoms with E-state index in [1.165, 1.54) is 51.9 Å². The number of rotatable bonds is 12. The van der Waals surface area contributed by atoms with Crippen LogP contribution >= 0.6 is 0 Å². The molecular weight excluding hydrogens is 220 g/mol. The molecule has 2 nitrogen and oxygen atoms in total. The molecule has 0 amide bonds. The Morgan fingerprint density at radius 2 is 0.833 bits per heavy atom. The summed E-state index contributed by atoms with van der Waals surface area (Å²) in [5, 5.41) is 0. The molecule has 0 aromatic rings. The van der Waals surface area contributed by atoms with Gasteiger partial charge in [-0.15, -0.1) is 0 Å². The minimum Gasteiger partial charge on any atom is -0.300 e. The SMILES string of the molecule is CCCN(C/C=C/CN(CCC)CCC)CCC. The van der Waals surface area contributed by atoms with Crippen molar-refractivity contribution in [3.05, 3.63) is 12.2 Å². The molecule has 2 heteroatoms. The Hall–Kier alpha value is -0.340. The van der Waals surface area contributed by atoms with E-state index in [-0.39, 0.29) is 0 Å². The number of nitrogens with zero attached hydrogens (tertiary/aromatic N) is 2. The van der Waals surface area contributed by atoms with Crippen LogP contribution in [0.3, 0.4) is 0 Å². The molecule has 0 aromatic heterocycles. The third-order valence-electron chi connectivity index (χ3n) is 3.05. The van der Waals surface area contributed by atoms with Crippen molar-refractivity contribution in [2.45, 2.75) is 53.4 Å². The molecule has 108 valence electrons. The maximum atomic E-state index is 2.54. The molecule has 0 aliphatic heterocycles. The lowest BCUT2D eigenvalue weighted by atomic mass is 10.3. The van der Waals surface area contributed by atoms with Crippen molar-refractivity contribution in [1.29, 1.82) is 0 Å². The zero-order valence-corrected chi connectivity index (χ0v) is 13.1. The highest BCUT2D eigenvalue weighted by molar-refractivity contribution is 4.87. The van der Waals surface area contributed by atoms with E-state index in [0.717, 1.165) is 13.1 Å². The standard InChI is InChI=1S/C16H34N2/c1-5-11-17(12-6-2)15-9-10-16-18(13-7-3)14-8-4/h9-10H,5-8,11-16H2,1-4H3/b10-9+. The highest BCUT2D eigenvalue weighted by Gasteiger charge is 2.00. The quantitative estimate of drug-likeness (QED) is 0.489. The topological polar surface area (TPSA) is 6.48 Å². The van der Waals surface area contributed by atoms with Crippen molar-refractivity contribution >= 4 is 0 Å². The van der Waals surface area contributed by atoms with E-state index in [9.17, 15) is 0 Å². The zero-order valence-electron chi connectivity index (χ0n) is 13.1. The Morgan fingerprint density at radius 1 is 0.556 bits per heavy atom. The molecule has 0 unspecified atom stereocenters. The molecule has 0 bridgehead atoms. The van der Waals surface area contributed by atoms with Gasteiger partial charge in [-0.05, 0) is 51.9 Å². The molecule has 0 fully saturated rings. The Labute approximate surface area is 115 Å². The predicted molar refractivity (Wildman–Crippen MR) is 83.2 cm³/mol. The van der Waals surface area contributed by atoms with Crippen molar-refractivity contribution < 1.29 is 0 Å². The minimum atomic E-state index is 1.12. The van der Waals surface area contributed by atoms with Gasteiger partial charge in [0.05, 0.1) is 0 Å². The predicted octanol–water partition coefficient (Wildman–Crippen LogP) is 3.79. The molecule has 0 aromatic carbocycles. The first-order valence-corrected chi connectivity index (χ1v) is 7.88. The van der Waals surface area contributed by atoms with E-state index in [1.807, 2.05) is 0 Å². The van der Waals surface area contributed by atoms with E-state index in [0.29, 0.717) is 0 Å². The Morgan fingerprint density at radius 3 is 1.06 bits per heavy atom. The molecule has 0 N–H and O–H groups in total. The Kier molecular flexibility index (Phi) is 12.9. The van der Waals surface area contributed by atoms with E-state index < -0.39 is 0 Å². The Bertz CT molecular complexity index is 158. The van der Waals surface area contributed by atoms with Gasteiger partial charge in [0.2, 0.25) is 0 Å². The van der Waals surface area contributed by atoms with Crippen LogP contribution in [-0.2, 0) is 0 Å². The maximum Gasteiger partial charge on any atom is 0.0163 e. The van der Waals surface area contributed by atoms with E-state index in [1.54, 1.807) is 0 Å². The molecule has 0 saturated carbocycles. The van der Waals surface area contributed by atoms with Crippen molar-refractivity contribution in [2.75, 3.05) is 39.3 Å². The van der Waals surface area contributed by atoms with Crippen molar-refractivity contribution in [3.8, 4) is 0 Å². The summed E-state index contributed by atoms with van der Waals surface area (Å²) in [6, 6.07) is 0. The van der Waals surface area contributed by atoms with Gasteiger partial charge in [0.1, 0.15) is 0 Å². The number of hydrogen-bond donors (Lipinski definition) is 0. The maximum absolute atomic E-state index is 2.54. The summed E-state index contributed by atoms with van der Waals surface area (Å²) in [5.41, 5.74) is 0. The Balaban J connectivity index is 3.88.